The number of likely N-dealkylation sites (tertiary alicyclic amines) is 1. The molecule has 52 heavy (non-hydrogen) atoms. The van der Waals surface area contributed by atoms with E-state index in [1.807, 2.05) is 13.8 Å². The summed E-state index contributed by atoms with van der Waals surface area (Å²) in [5.41, 5.74) is -1.14. The molecule has 4 fully saturated rings. The number of fused-ring (bicyclic) bond motifs is 1. The molecule has 1 aliphatic heterocycles. The predicted octanol–water partition coefficient (Wildman–Crippen LogP) is 4.43. The largest absolute Gasteiger partial charge is 0.346 e. The average Bonchev–Trinajstić information content (AvgIpc) is 3.37. The Morgan fingerprint density at radius 2 is 1.54 bits per heavy atom. The quantitative estimate of drug-likeness (QED) is 0.142. The van der Waals surface area contributed by atoms with Crippen molar-refractivity contribution >= 4 is 39.4 Å². The van der Waals surface area contributed by atoms with E-state index in [1.165, 1.54) is 6.08 Å². The molecule has 4 N–H and O–H groups in total. The second kappa shape index (κ2) is 16.6. The molecule has 12 nitrogen and oxygen atoms in total. The molecule has 0 radical (unpaired) electrons. The van der Waals surface area contributed by atoms with Crippen LogP contribution in [0.2, 0.25) is 0 Å². The minimum atomic E-state index is -3.56. The van der Waals surface area contributed by atoms with Gasteiger partial charge in [0.25, 0.3) is 5.91 Å². The van der Waals surface area contributed by atoms with Gasteiger partial charge in [-0.05, 0) is 88.4 Å². The van der Waals surface area contributed by atoms with Gasteiger partial charge in [-0.1, -0.05) is 72.3 Å². The number of Topliss-reactive ketones (excluding diaryl/α,β-unsaturated/α-hetero) is 1. The van der Waals surface area contributed by atoms with Gasteiger partial charge >= 0.3 is 6.03 Å². The van der Waals surface area contributed by atoms with Crippen LogP contribution >= 0.6 is 0 Å². The Hall–Kier alpha value is -2.96. The Balaban J connectivity index is 1.59. The second-order valence-corrected chi connectivity index (χ2v) is 20.7. The normalized spacial score (nSPS) is 25.3. The van der Waals surface area contributed by atoms with Crippen molar-refractivity contribution in [3.8, 4) is 0 Å². The van der Waals surface area contributed by atoms with E-state index in [9.17, 15) is 32.4 Å². The third-order valence-corrected chi connectivity index (χ3v) is 15.1. The monoisotopic (exact) mass is 747 g/mol. The fourth-order valence-corrected chi connectivity index (χ4v) is 10.3. The lowest BCUT2D eigenvalue weighted by Crippen LogP contribution is -2.63. The van der Waals surface area contributed by atoms with Gasteiger partial charge in [0.2, 0.25) is 17.6 Å². The molecule has 4 rings (SSSR count). The Morgan fingerprint density at radius 3 is 2.12 bits per heavy atom. The van der Waals surface area contributed by atoms with Gasteiger partial charge in [-0.15, -0.1) is 6.58 Å². The molecule has 0 aromatic carbocycles. The molecule has 4 aliphatic rings. The number of carbonyl (C=O) groups excluding carboxylic acids is 5. The topological polar surface area (TPSA) is 171 Å². The maximum Gasteiger partial charge on any atom is 0.315 e. The highest BCUT2D eigenvalue weighted by Crippen LogP contribution is 2.65. The fraction of sp³-hybridized carbons (Fsp3) is 0.821. The van der Waals surface area contributed by atoms with Crippen LogP contribution in [0.5, 0.6) is 0 Å². The maximum absolute atomic E-state index is 14.7. The van der Waals surface area contributed by atoms with Crippen molar-refractivity contribution in [2.45, 2.75) is 154 Å². The lowest BCUT2D eigenvalue weighted by atomic mass is 9.82. The van der Waals surface area contributed by atoms with E-state index in [0.29, 0.717) is 25.8 Å². The first-order valence-electron chi connectivity index (χ1n) is 19.6. The summed E-state index contributed by atoms with van der Waals surface area (Å²) in [6, 6.07) is -3.38. The van der Waals surface area contributed by atoms with Gasteiger partial charge in [0.15, 0.2) is 9.84 Å². The first-order valence-corrected chi connectivity index (χ1v) is 21.2. The average molecular weight is 748 g/mol. The molecule has 1 unspecified atom stereocenters. The van der Waals surface area contributed by atoms with Crippen LogP contribution in [0.1, 0.15) is 126 Å². The zero-order valence-electron chi connectivity index (χ0n) is 32.6. The molecule has 3 saturated carbocycles. The van der Waals surface area contributed by atoms with Crippen molar-refractivity contribution in [3.05, 3.63) is 12.7 Å². The zero-order valence-corrected chi connectivity index (χ0v) is 33.5. The van der Waals surface area contributed by atoms with E-state index in [2.05, 4.69) is 41.7 Å². The van der Waals surface area contributed by atoms with Crippen LogP contribution in [-0.4, -0.2) is 90.1 Å². The molecule has 0 bridgehead atoms. The van der Waals surface area contributed by atoms with E-state index >= 15 is 0 Å². The summed E-state index contributed by atoms with van der Waals surface area (Å²) in [6.07, 6.45) is 10.4. The van der Waals surface area contributed by atoms with Crippen LogP contribution in [0.25, 0.3) is 0 Å². The minimum Gasteiger partial charge on any atom is -0.346 e. The minimum absolute atomic E-state index is 0.0712. The van der Waals surface area contributed by atoms with Crippen LogP contribution in [0.4, 0.5) is 4.79 Å². The predicted molar refractivity (Wildman–Crippen MR) is 202 cm³/mol. The van der Waals surface area contributed by atoms with Crippen molar-refractivity contribution in [2.24, 2.45) is 29.1 Å². The van der Waals surface area contributed by atoms with Crippen LogP contribution in [0.3, 0.4) is 0 Å². The molecule has 5 atom stereocenters. The molecular weight excluding hydrogens is 683 g/mol. The first-order chi connectivity index (χ1) is 24.2. The lowest BCUT2D eigenvalue weighted by molar-refractivity contribution is -0.144. The number of hydrogen-bond donors (Lipinski definition) is 4. The first kappa shape index (κ1) is 41.8. The van der Waals surface area contributed by atoms with Gasteiger partial charge in [-0.2, -0.15) is 0 Å². The summed E-state index contributed by atoms with van der Waals surface area (Å²) < 4.78 is 25.8. The third kappa shape index (κ3) is 9.58. The second-order valence-electron chi connectivity index (χ2n) is 18.0. The molecule has 0 spiro atoms. The molecule has 294 valence electrons. The van der Waals surface area contributed by atoms with E-state index in [-0.39, 0.29) is 53.7 Å². The number of ketones is 1. The van der Waals surface area contributed by atoms with E-state index in [4.69, 9.17) is 0 Å². The van der Waals surface area contributed by atoms with E-state index in [0.717, 1.165) is 51.4 Å². The van der Waals surface area contributed by atoms with Crippen molar-refractivity contribution < 1.29 is 32.4 Å². The van der Waals surface area contributed by atoms with Gasteiger partial charge in [0, 0.05) is 13.1 Å². The number of hydrogen-bond acceptors (Lipinski definition) is 7. The molecule has 5 amide bonds. The summed E-state index contributed by atoms with van der Waals surface area (Å²) in [7, 11) is -3.56. The summed E-state index contributed by atoms with van der Waals surface area (Å²) in [6.45, 7) is 17.2. The number of piperidine rings is 1. The lowest BCUT2D eigenvalue weighted by Gasteiger charge is -2.41. The number of sulfone groups is 1. The number of rotatable bonds is 15. The maximum atomic E-state index is 14.7. The summed E-state index contributed by atoms with van der Waals surface area (Å²) in [4.78, 5) is 70.5. The summed E-state index contributed by atoms with van der Waals surface area (Å²) in [5, 5.41) is 11.5. The summed E-state index contributed by atoms with van der Waals surface area (Å²) >= 11 is 0. The van der Waals surface area contributed by atoms with Gasteiger partial charge < -0.3 is 26.2 Å². The number of nitrogens with zero attached hydrogens (tertiary/aromatic N) is 1. The number of carbonyl (C=O) groups is 5. The molecule has 0 aromatic rings. The zero-order chi connectivity index (χ0) is 38.6. The fourth-order valence-electron chi connectivity index (χ4n) is 8.81. The van der Waals surface area contributed by atoms with E-state index < -0.39 is 61.9 Å². The van der Waals surface area contributed by atoms with E-state index in [1.54, 1.807) is 25.7 Å². The Kier molecular flexibility index (Phi) is 13.3. The van der Waals surface area contributed by atoms with Crippen molar-refractivity contribution in [2.75, 3.05) is 18.8 Å². The molecule has 0 aromatic heterocycles. The van der Waals surface area contributed by atoms with Gasteiger partial charge in [0.1, 0.15) is 12.1 Å². The van der Waals surface area contributed by atoms with Crippen LogP contribution in [0, 0.1) is 29.1 Å². The SMILES string of the molecule is C=CCNC(=O)C(=O)C(CCC(C)C)NC(=O)[C@@H]1[C@@H]2[C@H](CN1C(=O)[C@@H](NC(=O)NC1(CS(=O)(=O)C(C)(C)C)CCCCC1)C1CCCCC1)C2(C)C. The van der Waals surface area contributed by atoms with Crippen LogP contribution < -0.4 is 21.3 Å². The van der Waals surface area contributed by atoms with Crippen molar-refractivity contribution in [1.29, 1.82) is 0 Å². The van der Waals surface area contributed by atoms with Gasteiger partial charge in [0.05, 0.1) is 22.1 Å². The van der Waals surface area contributed by atoms with Gasteiger partial charge in [-0.3, -0.25) is 19.2 Å². The molecule has 3 aliphatic carbocycles. The third-order valence-electron chi connectivity index (χ3n) is 12.3. The molecule has 13 heteroatoms. The van der Waals surface area contributed by atoms with Crippen LogP contribution in [-0.2, 0) is 29.0 Å². The Labute approximate surface area is 311 Å². The van der Waals surface area contributed by atoms with Gasteiger partial charge in [-0.25, -0.2) is 13.2 Å². The standard InChI is InChI=1S/C39H65N5O7S/c1-9-22-40-34(47)32(45)28(19-18-25(2)3)41-33(46)31-29-27(38(29,7)8)23-44(31)35(48)30(26-16-12-10-13-17-26)42-36(49)43-39(20-14-11-15-21-39)24-52(50,51)37(4,5)6/h9,25-31H,1,10-24H2,2-8H3,(H,40,47)(H,41,46)(H2,42,43,49)/t27-,28?,29-,30-,31-/m0/s1. The smallest absolute Gasteiger partial charge is 0.315 e. The van der Waals surface area contributed by atoms with Crippen LogP contribution in [0.15, 0.2) is 12.7 Å². The van der Waals surface area contributed by atoms with Crippen molar-refractivity contribution in [1.82, 2.24) is 26.2 Å². The molecule has 1 saturated heterocycles. The molecule has 1 heterocycles. The summed E-state index contributed by atoms with van der Waals surface area (Å²) in [5.74, 6) is -2.48. The van der Waals surface area contributed by atoms with Crippen molar-refractivity contribution in [3.63, 3.8) is 0 Å². The highest BCUT2D eigenvalue weighted by atomic mass is 32.2. The number of urea groups is 1. The Morgan fingerprint density at radius 1 is 0.923 bits per heavy atom. The number of amides is 5. The Bertz CT molecular complexity index is 1460. The highest BCUT2D eigenvalue weighted by Gasteiger charge is 2.69. The highest BCUT2D eigenvalue weighted by molar-refractivity contribution is 7.92. The molecular formula is C39H65N5O7S. The number of nitrogens with one attached hydrogen (secondary N) is 4.